The largest absolute Gasteiger partial charge is 0.398 e. The van der Waals surface area contributed by atoms with E-state index in [4.69, 9.17) is 12.6 Å². The van der Waals surface area contributed by atoms with E-state index in [0.717, 1.165) is 0 Å². The van der Waals surface area contributed by atoms with Crippen LogP contribution in [0.4, 0.5) is 5.69 Å². The number of Topliss-reactive ketones (excluding diaryl/α,β-unsaturated/α-hetero) is 2. The first-order chi connectivity index (χ1) is 12.0. The average Bonchev–Trinajstić information content (AvgIpc) is 2.56. The van der Waals surface area contributed by atoms with Gasteiger partial charge < -0.3 is 5.73 Å². The lowest BCUT2D eigenvalue weighted by molar-refractivity contribution is -0.132. The summed E-state index contributed by atoms with van der Waals surface area (Å²) in [6, 6.07) is -1.95. The Morgan fingerprint density at radius 3 is 3.05 bits per heavy atom. The summed E-state index contributed by atoms with van der Waals surface area (Å²) in [6.07, 6.45) is -4.19. The summed E-state index contributed by atoms with van der Waals surface area (Å²) < 4.78 is 40.4. The molecule has 1 aliphatic rings. The number of rotatable bonds is 1. The molecule has 0 saturated heterocycles. The maximum Gasteiger partial charge on any atom is 0.264 e. The van der Waals surface area contributed by atoms with Gasteiger partial charge in [0.2, 0.25) is 0 Å². The van der Waals surface area contributed by atoms with Gasteiger partial charge in [0.05, 0.1) is 27.5 Å². The first-order valence-corrected chi connectivity index (χ1v) is 6.21. The molecule has 0 amide bonds. The van der Waals surface area contributed by atoms with Crippen molar-refractivity contribution in [3.8, 4) is 0 Å². The third kappa shape index (κ3) is 2.12. The highest BCUT2D eigenvalue weighted by Gasteiger charge is 2.30. The fourth-order valence-electron chi connectivity index (χ4n) is 2.31. The van der Waals surface area contributed by atoms with Crippen molar-refractivity contribution in [1.82, 2.24) is 9.55 Å². The summed E-state index contributed by atoms with van der Waals surface area (Å²) in [5.41, 5.74) is 4.59. The van der Waals surface area contributed by atoms with Crippen LogP contribution in [-0.2, 0) is 9.59 Å². The van der Waals surface area contributed by atoms with Crippen molar-refractivity contribution in [3.63, 3.8) is 0 Å². The molecule has 0 spiro atoms. The molecule has 2 N–H and O–H groups in total. The second-order valence-electron chi connectivity index (χ2n) is 4.67. The van der Waals surface area contributed by atoms with Crippen LogP contribution in [-0.4, -0.2) is 21.1 Å². The van der Waals surface area contributed by atoms with Gasteiger partial charge in [-0.15, -0.1) is 0 Å². The van der Waals surface area contributed by atoms with Crippen LogP contribution in [0.15, 0.2) is 22.9 Å². The molecule has 1 aromatic heterocycles. The van der Waals surface area contributed by atoms with Crippen LogP contribution in [0.3, 0.4) is 0 Å². The molecule has 1 fully saturated rings. The Bertz CT molecular complexity index is 1040. The highest BCUT2D eigenvalue weighted by atomic mass is 16.2. The van der Waals surface area contributed by atoms with Crippen LogP contribution in [0, 0.1) is 6.92 Å². The van der Waals surface area contributed by atoms with Gasteiger partial charge in [0.25, 0.3) is 5.56 Å². The Kier molecular flexibility index (Phi) is 1.99. The zero-order chi connectivity index (χ0) is 19.5. The van der Waals surface area contributed by atoms with Crippen LogP contribution in [0.5, 0.6) is 0 Å². The molecule has 3 atom stereocenters. The van der Waals surface area contributed by atoms with Crippen LogP contribution in [0.1, 0.15) is 37.9 Å². The number of aryl methyl sites for hydroxylation is 1. The zero-order valence-electron chi connectivity index (χ0n) is 16.1. The van der Waals surface area contributed by atoms with Gasteiger partial charge in [-0.05, 0) is 25.4 Å². The van der Waals surface area contributed by atoms with E-state index in [1.165, 1.54) is 13.0 Å². The SMILES string of the molecule is [2H]c1cc2nc(C)n(C3([2H])C(=O)CC(=O)C([2H])C3[2H])c(=O)c2c(N)c1[2H]. The van der Waals surface area contributed by atoms with E-state index in [1.54, 1.807) is 0 Å². The first kappa shape index (κ1) is 8.71. The number of benzene rings is 1. The number of carbonyl (C=O) groups is 2. The second-order valence-corrected chi connectivity index (χ2v) is 4.67. The number of aromatic nitrogens is 2. The fourth-order valence-corrected chi connectivity index (χ4v) is 2.31. The van der Waals surface area contributed by atoms with Gasteiger partial charge in [-0.3, -0.25) is 19.0 Å². The molecule has 1 aliphatic carbocycles. The maximum atomic E-state index is 13.0. The van der Waals surface area contributed by atoms with Gasteiger partial charge in [-0.2, -0.15) is 0 Å². The minimum absolute atomic E-state index is 0.0362. The Morgan fingerprint density at radius 2 is 2.29 bits per heavy atom. The first-order valence-electron chi connectivity index (χ1n) is 8.87. The Balaban J connectivity index is 2.40. The number of fused-ring (bicyclic) bond motifs is 1. The molecule has 2 aromatic rings. The Morgan fingerprint density at radius 1 is 1.52 bits per heavy atom. The summed E-state index contributed by atoms with van der Waals surface area (Å²) in [5.74, 6) is -1.83. The monoisotopic (exact) mass is 290 g/mol. The minimum atomic E-state index is -2.50. The van der Waals surface area contributed by atoms with Gasteiger partial charge >= 0.3 is 0 Å². The topological polar surface area (TPSA) is 95.0 Å². The summed E-state index contributed by atoms with van der Waals surface area (Å²) in [5, 5.41) is -0.235. The summed E-state index contributed by atoms with van der Waals surface area (Å²) in [4.78, 5) is 41.2. The lowest BCUT2D eigenvalue weighted by Gasteiger charge is -2.24. The minimum Gasteiger partial charge on any atom is -0.398 e. The summed E-state index contributed by atoms with van der Waals surface area (Å²) >= 11 is 0. The quantitative estimate of drug-likeness (QED) is 0.628. The Hall–Kier alpha value is -2.50. The normalized spacial score (nSPS) is 33.1. The van der Waals surface area contributed by atoms with E-state index in [0.29, 0.717) is 4.57 Å². The molecule has 6 heteroatoms. The fraction of sp³-hybridized carbons (Fsp3) is 0.333. The molecular weight excluding hydrogens is 270 g/mol. The number of ketones is 2. The van der Waals surface area contributed by atoms with Crippen LogP contribution in [0.25, 0.3) is 10.9 Å². The lowest BCUT2D eigenvalue weighted by atomic mass is 9.92. The molecule has 3 unspecified atom stereocenters. The number of anilines is 1. The molecule has 1 aromatic carbocycles. The smallest absolute Gasteiger partial charge is 0.264 e. The molecular formula is C15H15N3O3. The number of hydrogen-bond acceptors (Lipinski definition) is 5. The van der Waals surface area contributed by atoms with Crippen molar-refractivity contribution in [1.29, 1.82) is 0 Å². The van der Waals surface area contributed by atoms with Crippen molar-refractivity contribution in [2.45, 2.75) is 32.2 Å². The standard InChI is InChI=1S/C15H15N3O3/c1-8-17-11-4-2-3-10(16)14(11)15(21)18(8)12-6-5-9(19)7-13(12)20/h2-4,12H,5-7,16H2,1H3/i2D,3D,5D,6D,12D. The third-order valence-corrected chi connectivity index (χ3v) is 3.25. The van der Waals surface area contributed by atoms with Crippen LogP contribution in [0.2, 0.25) is 0 Å². The van der Waals surface area contributed by atoms with Gasteiger partial charge in [-0.1, -0.05) is 6.04 Å². The predicted octanol–water partition coefficient (Wildman–Crippen LogP) is 1.15. The van der Waals surface area contributed by atoms with Gasteiger partial charge in [0.1, 0.15) is 11.6 Å². The molecule has 0 aliphatic heterocycles. The van der Waals surface area contributed by atoms with Gasteiger partial charge in [-0.25, -0.2) is 4.98 Å². The van der Waals surface area contributed by atoms with Crippen molar-refractivity contribution in [2.24, 2.45) is 0 Å². The summed E-state index contributed by atoms with van der Waals surface area (Å²) in [6.45, 7) is 1.35. The van der Waals surface area contributed by atoms with Crippen molar-refractivity contribution in [3.05, 3.63) is 34.3 Å². The molecule has 1 saturated carbocycles. The van der Waals surface area contributed by atoms with Gasteiger partial charge in [0, 0.05) is 14.8 Å². The van der Waals surface area contributed by atoms with E-state index in [1.807, 2.05) is 0 Å². The summed E-state index contributed by atoms with van der Waals surface area (Å²) in [7, 11) is 0. The van der Waals surface area contributed by atoms with Crippen molar-refractivity contribution in [2.75, 3.05) is 5.73 Å². The third-order valence-electron chi connectivity index (χ3n) is 3.25. The number of hydrogen-bond donors (Lipinski definition) is 1. The zero-order valence-corrected chi connectivity index (χ0v) is 11.1. The molecule has 1 heterocycles. The number of nitrogens with zero attached hydrogens (tertiary/aromatic N) is 2. The van der Waals surface area contributed by atoms with E-state index >= 15 is 0 Å². The van der Waals surface area contributed by atoms with Crippen molar-refractivity contribution < 1.29 is 16.4 Å². The van der Waals surface area contributed by atoms with E-state index in [2.05, 4.69) is 4.98 Å². The highest BCUT2D eigenvalue weighted by Crippen LogP contribution is 2.24. The van der Waals surface area contributed by atoms with Crippen molar-refractivity contribution >= 4 is 28.2 Å². The molecule has 0 radical (unpaired) electrons. The number of nitrogen functional groups attached to an aromatic ring is 1. The van der Waals surface area contributed by atoms with E-state index < -0.39 is 48.4 Å². The second kappa shape index (κ2) is 4.80. The Labute approximate surface area is 127 Å². The highest BCUT2D eigenvalue weighted by molar-refractivity contribution is 6.03. The average molecular weight is 290 g/mol. The van der Waals surface area contributed by atoms with E-state index in [9.17, 15) is 14.4 Å². The number of nitrogens with two attached hydrogens (primary N) is 1. The van der Waals surface area contributed by atoms with Crippen LogP contribution >= 0.6 is 0 Å². The maximum absolute atomic E-state index is 13.0. The molecule has 108 valence electrons. The molecule has 0 bridgehead atoms. The molecule has 3 rings (SSSR count). The molecule has 6 nitrogen and oxygen atoms in total. The van der Waals surface area contributed by atoms with Gasteiger partial charge in [0.15, 0.2) is 5.78 Å². The lowest BCUT2D eigenvalue weighted by Crippen LogP contribution is -2.36. The van der Waals surface area contributed by atoms with E-state index in [-0.39, 0.29) is 28.5 Å². The number of carbonyl (C=O) groups excluding carboxylic acids is 2. The predicted molar refractivity (Wildman–Crippen MR) is 78.1 cm³/mol. The van der Waals surface area contributed by atoms with Crippen LogP contribution < -0.4 is 11.3 Å². The molecule has 21 heavy (non-hydrogen) atoms.